The summed E-state index contributed by atoms with van der Waals surface area (Å²) in [6.45, 7) is 7.47. The van der Waals surface area contributed by atoms with E-state index in [9.17, 15) is 0 Å². The number of likely N-dealkylation sites (tertiary alicyclic amines) is 1. The molecule has 0 unspecified atom stereocenters. The first-order valence-corrected chi connectivity index (χ1v) is 8.91. The zero-order valence-corrected chi connectivity index (χ0v) is 14.9. The molecule has 3 rings (SSSR count). The summed E-state index contributed by atoms with van der Waals surface area (Å²) in [5, 5.41) is 6.66. The third-order valence-corrected chi connectivity index (χ3v) is 5.06. The molecule has 0 spiro atoms. The van der Waals surface area contributed by atoms with Gasteiger partial charge in [0.15, 0.2) is 5.96 Å². The van der Waals surface area contributed by atoms with Crippen molar-refractivity contribution in [3.63, 3.8) is 0 Å². The summed E-state index contributed by atoms with van der Waals surface area (Å²) < 4.78 is 0. The van der Waals surface area contributed by atoms with E-state index < -0.39 is 0 Å². The highest BCUT2D eigenvalue weighted by Crippen LogP contribution is 2.28. The molecule has 1 aromatic heterocycles. The lowest BCUT2D eigenvalue weighted by Crippen LogP contribution is -2.40. The van der Waals surface area contributed by atoms with E-state index in [0.717, 1.165) is 36.3 Å². The molecule has 23 heavy (non-hydrogen) atoms. The summed E-state index contributed by atoms with van der Waals surface area (Å²) in [5.41, 5.74) is 2.59. The van der Waals surface area contributed by atoms with Crippen molar-refractivity contribution in [2.24, 2.45) is 10.4 Å². The molecule has 1 N–H and O–H groups in total. The van der Waals surface area contributed by atoms with E-state index in [1.165, 1.54) is 12.0 Å². The van der Waals surface area contributed by atoms with Crippen molar-refractivity contribution in [1.82, 2.24) is 15.2 Å². The molecule has 0 radical (unpaired) electrons. The number of guanidine groups is 1. The maximum Gasteiger partial charge on any atom is 0.194 e. The van der Waals surface area contributed by atoms with Crippen LogP contribution in [-0.4, -0.2) is 36.0 Å². The predicted molar refractivity (Wildman–Crippen MR) is 97.7 cm³/mol. The standard InChI is InChI=1S/C18H24N4S/c1-18(2)9-10-22(13-18)17(19-3)20-11-16-21-15(12-23-16)14-7-5-4-6-8-14/h4-8,12H,9-11,13H2,1-3H3,(H,19,20). The first-order chi connectivity index (χ1) is 11.1. The summed E-state index contributed by atoms with van der Waals surface area (Å²) in [6.07, 6.45) is 1.21. The van der Waals surface area contributed by atoms with Gasteiger partial charge in [0, 0.05) is 31.1 Å². The maximum atomic E-state index is 4.72. The van der Waals surface area contributed by atoms with E-state index in [4.69, 9.17) is 4.98 Å². The third-order valence-electron chi connectivity index (χ3n) is 4.21. The maximum absolute atomic E-state index is 4.72. The first-order valence-electron chi connectivity index (χ1n) is 8.03. The number of nitrogens with one attached hydrogen (secondary N) is 1. The van der Waals surface area contributed by atoms with Gasteiger partial charge in [-0.15, -0.1) is 11.3 Å². The van der Waals surface area contributed by atoms with Gasteiger partial charge in [0.05, 0.1) is 12.2 Å². The van der Waals surface area contributed by atoms with Gasteiger partial charge < -0.3 is 10.2 Å². The van der Waals surface area contributed by atoms with E-state index in [2.05, 4.69) is 46.6 Å². The predicted octanol–water partition coefficient (Wildman–Crippen LogP) is 3.62. The van der Waals surface area contributed by atoms with Crippen molar-refractivity contribution in [2.45, 2.75) is 26.8 Å². The second kappa shape index (κ2) is 6.71. The number of nitrogens with zero attached hydrogens (tertiary/aromatic N) is 3. The number of aliphatic imine (C=N–C) groups is 1. The monoisotopic (exact) mass is 328 g/mol. The van der Waals surface area contributed by atoms with Crippen molar-refractivity contribution in [3.05, 3.63) is 40.7 Å². The van der Waals surface area contributed by atoms with Crippen LogP contribution in [0.15, 0.2) is 40.7 Å². The molecule has 0 amide bonds. The topological polar surface area (TPSA) is 40.5 Å². The minimum Gasteiger partial charge on any atom is -0.350 e. The van der Waals surface area contributed by atoms with Gasteiger partial charge in [-0.25, -0.2) is 4.98 Å². The van der Waals surface area contributed by atoms with Crippen molar-refractivity contribution in [2.75, 3.05) is 20.1 Å². The largest absolute Gasteiger partial charge is 0.350 e. The van der Waals surface area contributed by atoms with Crippen LogP contribution in [0.4, 0.5) is 0 Å². The highest BCUT2D eigenvalue weighted by Gasteiger charge is 2.30. The first kappa shape index (κ1) is 16.0. The van der Waals surface area contributed by atoms with Gasteiger partial charge in [-0.2, -0.15) is 0 Å². The molecule has 5 heteroatoms. The van der Waals surface area contributed by atoms with Gasteiger partial charge in [-0.1, -0.05) is 44.2 Å². The molecular weight excluding hydrogens is 304 g/mol. The normalized spacial score (nSPS) is 17.5. The van der Waals surface area contributed by atoms with Crippen LogP contribution in [0.25, 0.3) is 11.3 Å². The molecule has 0 bridgehead atoms. The lowest BCUT2D eigenvalue weighted by molar-refractivity contribution is 0.370. The molecule has 0 saturated carbocycles. The molecular formula is C18H24N4S. The molecule has 122 valence electrons. The molecule has 1 aromatic carbocycles. The molecule has 2 heterocycles. The Labute approximate surface area is 142 Å². The number of aromatic nitrogens is 1. The fourth-order valence-electron chi connectivity index (χ4n) is 2.91. The summed E-state index contributed by atoms with van der Waals surface area (Å²) in [5.74, 6) is 0.979. The Morgan fingerprint density at radius 2 is 2.13 bits per heavy atom. The Morgan fingerprint density at radius 1 is 1.35 bits per heavy atom. The van der Waals surface area contributed by atoms with Gasteiger partial charge in [-0.3, -0.25) is 4.99 Å². The minimum atomic E-state index is 0.374. The SMILES string of the molecule is CN=C(NCc1nc(-c2ccccc2)cs1)N1CCC(C)(C)C1. The van der Waals surface area contributed by atoms with Crippen LogP contribution in [0.3, 0.4) is 0 Å². The fourth-order valence-corrected chi connectivity index (χ4v) is 3.66. The van der Waals surface area contributed by atoms with Gasteiger partial charge in [-0.05, 0) is 11.8 Å². The van der Waals surface area contributed by atoms with Gasteiger partial charge in [0.2, 0.25) is 0 Å². The lowest BCUT2D eigenvalue weighted by atomic mass is 9.93. The number of hydrogen-bond donors (Lipinski definition) is 1. The fraction of sp³-hybridized carbons (Fsp3) is 0.444. The second-order valence-electron chi connectivity index (χ2n) is 6.73. The van der Waals surface area contributed by atoms with Crippen LogP contribution in [0.5, 0.6) is 0 Å². The van der Waals surface area contributed by atoms with Crippen LogP contribution in [0.2, 0.25) is 0 Å². The molecule has 1 fully saturated rings. The Bertz CT molecular complexity index is 675. The van der Waals surface area contributed by atoms with E-state index >= 15 is 0 Å². The molecule has 0 aliphatic carbocycles. The van der Waals surface area contributed by atoms with Gasteiger partial charge in [0.25, 0.3) is 0 Å². The zero-order valence-electron chi connectivity index (χ0n) is 14.0. The third kappa shape index (κ3) is 3.91. The molecule has 0 atom stereocenters. The Hall–Kier alpha value is -1.88. The zero-order chi connectivity index (χ0) is 16.3. The van der Waals surface area contributed by atoms with Crippen LogP contribution in [-0.2, 0) is 6.54 Å². The number of rotatable bonds is 3. The Morgan fingerprint density at radius 3 is 2.78 bits per heavy atom. The highest BCUT2D eigenvalue weighted by atomic mass is 32.1. The van der Waals surface area contributed by atoms with Crippen LogP contribution >= 0.6 is 11.3 Å². The van der Waals surface area contributed by atoms with E-state index in [1.54, 1.807) is 11.3 Å². The molecule has 4 nitrogen and oxygen atoms in total. The van der Waals surface area contributed by atoms with Gasteiger partial charge in [0.1, 0.15) is 5.01 Å². The van der Waals surface area contributed by atoms with Crippen molar-refractivity contribution in [3.8, 4) is 11.3 Å². The minimum absolute atomic E-state index is 0.374. The number of benzene rings is 1. The van der Waals surface area contributed by atoms with Gasteiger partial charge >= 0.3 is 0 Å². The van der Waals surface area contributed by atoms with Crippen molar-refractivity contribution < 1.29 is 0 Å². The Balaban J connectivity index is 1.61. The quantitative estimate of drug-likeness (QED) is 0.691. The molecule has 1 aliphatic rings. The number of thiazole rings is 1. The van der Waals surface area contributed by atoms with Crippen LogP contribution < -0.4 is 5.32 Å². The summed E-state index contributed by atoms with van der Waals surface area (Å²) in [4.78, 5) is 11.5. The van der Waals surface area contributed by atoms with Crippen LogP contribution in [0, 0.1) is 5.41 Å². The average Bonchev–Trinajstić information content (AvgIpc) is 3.16. The lowest BCUT2D eigenvalue weighted by Gasteiger charge is -2.23. The molecule has 1 aliphatic heterocycles. The Kier molecular flexibility index (Phi) is 4.66. The van der Waals surface area contributed by atoms with Crippen molar-refractivity contribution >= 4 is 17.3 Å². The summed E-state index contributed by atoms with van der Waals surface area (Å²) >= 11 is 1.69. The second-order valence-corrected chi connectivity index (χ2v) is 7.67. The molecule has 1 saturated heterocycles. The highest BCUT2D eigenvalue weighted by molar-refractivity contribution is 7.09. The molecule has 2 aromatic rings. The van der Waals surface area contributed by atoms with E-state index in [0.29, 0.717) is 5.41 Å². The van der Waals surface area contributed by atoms with E-state index in [1.807, 2.05) is 25.2 Å². The van der Waals surface area contributed by atoms with Crippen molar-refractivity contribution in [1.29, 1.82) is 0 Å². The van der Waals surface area contributed by atoms with Crippen LogP contribution in [0.1, 0.15) is 25.3 Å². The summed E-state index contributed by atoms with van der Waals surface area (Å²) in [7, 11) is 1.85. The van der Waals surface area contributed by atoms with E-state index in [-0.39, 0.29) is 0 Å². The summed E-state index contributed by atoms with van der Waals surface area (Å²) in [6, 6.07) is 10.3. The smallest absolute Gasteiger partial charge is 0.194 e. The average molecular weight is 328 g/mol. The number of hydrogen-bond acceptors (Lipinski definition) is 3.